The van der Waals surface area contributed by atoms with E-state index in [0.29, 0.717) is 27.0 Å². The number of aromatic nitrogens is 1. The van der Waals surface area contributed by atoms with Crippen LogP contribution in [-0.4, -0.2) is 29.4 Å². The maximum atomic E-state index is 12.2. The number of esters is 1. The molecule has 1 heterocycles. The van der Waals surface area contributed by atoms with Crippen LogP contribution >= 0.6 is 23.1 Å². The van der Waals surface area contributed by atoms with E-state index in [1.165, 1.54) is 6.92 Å². The fraction of sp³-hybridized carbons (Fsp3) is 0.267. The van der Waals surface area contributed by atoms with Crippen molar-refractivity contribution in [1.29, 1.82) is 0 Å². The predicted octanol–water partition coefficient (Wildman–Crippen LogP) is 3.33. The minimum atomic E-state index is -0.970. The molecule has 23 heavy (non-hydrogen) atoms. The standard InChI is InChI=1S/C15H16ClN3O3S/c1-8-12(14(17-3)23-19-8)15(21)22-9(2)13(20)18-11-7-5-4-6-10(11)16/h4-7,9,17H,1-3H3,(H,18,20)/t9-/m0/s1. The molecule has 0 saturated heterocycles. The van der Waals surface area contributed by atoms with Crippen molar-refractivity contribution >= 4 is 45.7 Å². The SMILES string of the molecule is CNc1snc(C)c1C(=O)O[C@@H](C)C(=O)Nc1ccccc1Cl. The molecule has 0 radical (unpaired) electrons. The van der Waals surface area contributed by atoms with Crippen molar-refractivity contribution in [2.45, 2.75) is 20.0 Å². The van der Waals surface area contributed by atoms with Crippen LogP contribution in [0.25, 0.3) is 0 Å². The summed E-state index contributed by atoms with van der Waals surface area (Å²) in [5, 5.41) is 6.53. The number of carbonyl (C=O) groups excluding carboxylic acids is 2. The van der Waals surface area contributed by atoms with Crippen molar-refractivity contribution in [1.82, 2.24) is 4.37 Å². The van der Waals surface area contributed by atoms with Crippen molar-refractivity contribution in [3.63, 3.8) is 0 Å². The largest absolute Gasteiger partial charge is 0.449 e. The molecular weight excluding hydrogens is 338 g/mol. The summed E-state index contributed by atoms with van der Waals surface area (Å²) < 4.78 is 9.32. The van der Waals surface area contributed by atoms with Gasteiger partial charge in [-0.15, -0.1) is 0 Å². The van der Waals surface area contributed by atoms with Crippen LogP contribution in [0.2, 0.25) is 5.02 Å². The Bertz CT molecular complexity index is 733. The summed E-state index contributed by atoms with van der Waals surface area (Å²) in [5.74, 6) is -1.05. The molecule has 0 saturated carbocycles. The van der Waals surface area contributed by atoms with E-state index in [-0.39, 0.29) is 0 Å². The molecule has 8 heteroatoms. The molecule has 1 amide bonds. The minimum absolute atomic E-state index is 0.342. The Labute approximate surface area is 143 Å². The van der Waals surface area contributed by atoms with Crippen LogP contribution in [0.3, 0.4) is 0 Å². The molecule has 1 aromatic heterocycles. The molecule has 1 atom stereocenters. The van der Waals surface area contributed by atoms with E-state index in [1.807, 2.05) is 0 Å². The average Bonchev–Trinajstić information content (AvgIpc) is 2.90. The van der Waals surface area contributed by atoms with Gasteiger partial charge in [-0.25, -0.2) is 4.79 Å². The zero-order valence-electron chi connectivity index (χ0n) is 12.8. The van der Waals surface area contributed by atoms with E-state index in [9.17, 15) is 9.59 Å². The maximum absolute atomic E-state index is 12.2. The summed E-state index contributed by atoms with van der Waals surface area (Å²) in [6.45, 7) is 3.21. The third-order valence-electron chi connectivity index (χ3n) is 3.08. The van der Waals surface area contributed by atoms with Crippen molar-refractivity contribution in [3.8, 4) is 0 Å². The molecule has 0 fully saturated rings. The van der Waals surface area contributed by atoms with E-state index < -0.39 is 18.0 Å². The number of para-hydroxylation sites is 1. The van der Waals surface area contributed by atoms with Gasteiger partial charge in [0, 0.05) is 7.05 Å². The molecule has 0 aliphatic heterocycles. The van der Waals surface area contributed by atoms with Crippen LogP contribution in [0, 0.1) is 6.92 Å². The summed E-state index contributed by atoms with van der Waals surface area (Å²) in [4.78, 5) is 24.4. The molecule has 2 rings (SSSR count). The van der Waals surface area contributed by atoms with Gasteiger partial charge in [0.25, 0.3) is 5.91 Å². The number of rotatable bonds is 5. The molecule has 1 aromatic carbocycles. The lowest BCUT2D eigenvalue weighted by Gasteiger charge is -2.14. The Morgan fingerprint density at radius 1 is 1.35 bits per heavy atom. The number of benzene rings is 1. The Balaban J connectivity index is 2.05. The van der Waals surface area contributed by atoms with E-state index in [0.717, 1.165) is 11.5 Å². The van der Waals surface area contributed by atoms with E-state index in [1.54, 1.807) is 38.2 Å². The van der Waals surface area contributed by atoms with Crippen LogP contribution in [0.5, 0.6) is 0 Å². The van der Waals surface area contributed by atoms with Crippen LogP contribution in [0.15, 0.2) is 24.3 Å². The van der Waals surface area contributed by atoms with Gasteiger partial charge in [-0.2, -0.15) is 4.37 Å². The normalized spacial score (nSPS) is 11.7. The van der Waals surface area contributed by atoms with E-state index >= 15 is 0 Å². The topological polar surface area (TPSA) is 80.3 Å². The molecule has 0 aliphatic carbocycles. The third kappa shape index (κ3) is 4.00. The van der Waals surface area contributed by atoms with Gasteiger partial charge in [0.05, 0.1) is 16.4 Å². The zero-order chi connectivity index (χ0) is 17.0. The van der Waals surface area contributed by atoms with Gasteiger partial charge in [0.1, 0.15) is 10.6 Å². The predicted molar refractivity (Wildman–Crippen MR) is 91.4 cm³/mol. The number of carbonyl (C=O) groups is 2. The molecule has 6 nitrogen and oxygen atoms in total. The Morgan fingerprint density at radius 3 is 2.70 bits per heavy atom. The Hall–Kier alpha value is -2.12. The summed E-state index contributed by atoms with van der Waals surface area (Å²) >= 11 is 7.15. The van der Waals surface area contributed by atoms with Crippen LogP contribution in [0.4, 0.5) is 10.7 Å². The first kappa shape index (κ1) is 17.2. The van der Waals surface area contributed by atoms with Crippen LogP contribution in [0.1, 0.15) is 23.0 Å². The molecule has 0 spiro atoms. The highest BCUT2D eigenvalue weighted by atomic mass is 35.5. The highest BCUT2D eigenvalue weighted by Crippen LogP contribution is 2.25. The number of aryl methyl sites for hydroxylation is 1. The number of hydrogen-bond donors (Lipinski definition) is 2. The number of ether oxygens (including phenoxy) is 1. The number of anilines is 2. The van der Waals surface area contributed by atoms with Gasteiger partial charge in [-0.05, 0) is 37.5 Å². The van der Waals surface area contributed by atoms with Crippen molar-refractivity contribution in [3.05, 3.63) is 40.5 Å². The molecular formula is C15H16ClN3O3S. The van der Waals surface area contributed by atoms with E-state index in [4.69, 9.17) is 16.3 Å². The summed E-state index contributed by atoms with van der Waals surface area (Å²) in [6.07, 6.45) is -0.970. The monoisotopic (exact) mass is 353 g/mol. The number of nitrogens with zero attached hydrogens (tertiary/aromatic N) is 1. The lowest BCUT2D eigenvalue weighted by atomic mass is 10.2. The first-order chi connectivity index (χ1) is 10.9. The highest BCUT2D eigenvalue weighted by Gasteiger charge is 2.24. The van der Waals surface area contributed by atoms with E-state index in [2.05, 4.69) is 15.0 Å². The summed E-state index contributed by atoms with van der Waals surface area (Å²) in [7, 11) is 1.69. The smallest absolute Gasteiger partial charge is 0.343 e. The molecule has 2 aromatic rings. The lowest BCUT2D eigenvalue weighted by Crippen LogP contribution is -2.30. The molecule has 0 aliphatic rings. The summed E-state index contributed by atoms with van der Waals surface area (Å²) in [5.41, 5.74) is 1.37. The second kappa shape index (κ2) is 7.43. The van der Waals surface area contributed by atoms with Gasteiger partial charge in [-0.3, -0.25) is 4.79 Å². The quantitative estimate of drug-likeness (QED) is 0.806. The highest BCUT2D eigenvalue weighted by molar-refractivity contribution is 7.10. The minimum Gasteiger partial charge on any atom is -0.449 e. The van der Waals surface area contributed by atoms with Crippen molar-refractivity contribution in [2.75, 3.05) is 17.7 Å². The number of nitrogens with one attached hydrogen (secondary N) is 2. The zero-order valence-corrected chi connectivity index (χ0v) is 14.4. The lowest BCUT2D eigenvalue weighted by molar-refractivity contribution is -0.123. The van der Waals surface area contributed by atoms with Crippen LogP contribution < -0.4 is 10.6 Å². The van der Waals surface area contributed by atoms with Gasteiger partial charge >= 0.3 is 5.97 Å². The number of hydrogen-bond acceptors (Lipinski definition) is 6. The molecule has 2 N–H and O–H groups in total. The molecule has 0 unspecified atom stereocenters. The van der Waals surface area contributed by atoms with Crippen molar-refractivity contribution < 1.29 is 14.3 Å². The van der Waals surface area contributed by atoms with Crippen molar-refractivity contribution in [2.24, 2.45) is 0 Å². The Kier molecular flexibility index (Phi) is 5.57. The second-order valence-electron chi connectivity index (χ2n) is 4.74. The molecule has 122 valence electrons. The average molecular weight is 354 g/mol. The van der Waals surface area contributed by atoms with Crippen LogP contribution in [-0.2, 0) is 9.53 Å². The molecule has 0 bridgehead atoms. The number of amides is 1. The first-order valence-corrected chi connectivity index (χ1v) is 7.99. The fourth-order valence-electron chi connectivity index (χ4n) is 1.85. The first-order valence-electron chi connectivity index (χ1n) is 6.84. The maximum Gasteiger partial charge on any atom is 0.343 e. The van der Waals surface area contributed by atoms with Gasteiger partial charge < -0.3 is 15.4 Å². The second-order valence-corrected chi connectivity index (χ2v) is 5.92. The Morgan fingerprint density at radius 2 is 2.04 bits per heavy atom. The number of halogens is 1. The fourth-order valence-corrected chi connectivity index (χ4v) is 2.77. The van der Waals surface area contributed by atoms with Gasteiger partial charge in [0.2, 0.25) is 0 Å². The summed E-state index contributed by atoms with van der Waals surface area (Å²) in [6, 6.07) is 6.83. The third-order valence-corrected chi connectivity index (χ3v) is 4.36. The van der Waals surface area contributed by atoms with Gasteiger partial charge in [0.15, 0.2) is 6.10 Å². The van der Waals surface area contributed by atoms with Gasteiger partial charge in [-0.1, -0.05) is 23.7 Å².